The van der Waals surface area contributed by atoms with E-state index in [1.807, 2.05) is 19.1 Å². The van der Waals surface area contributed by atoms with Crippen LogP contribution in [0.15, 0.2) is 24.3 Å². The summed E-state index contributed by atoms with van der Waals surface area (Å²) in [6, 6.07) is 0. The Morgan fingerprint density at radius 3 is 2.41 bits per heavy atom. The molecule has 0 aromatic carbocycles. The molecule has 0 aromatic rings. The molecule has 0 saturated carbocycles. The van der Waals surface area contributed by atoms with Gasteiger partial charge in [0.25, 0.3) is 0 Å². The van der Waals surface area contributed by atoms with Crippen LogP contribution in [0.25, 0.3) is 0 Å². The Labute approximate surface area is 181 Å². The van der Waals surface area contributed by atoms with Gasteiger partial charge in [0.05, 0.1) is 12.0 Å². The van der Waals surface area contributed by atoms with Crippen LogP contribution in [0.4, 0.5) is 0 Å². The van der Waals surface area contributed by atoms with Gasteiger partial charge in [-0.15, -0.1) is 0 Å². The molecule has 0 fully saturated rings. The van der Waals surface area contributed by atoms with Gasteiger partial charge in [-0.05, 0) is 56.2 Å². The predicted octanol–water partition coefficient (Wildman–Crippen LogP) is 6.87. The number of allylic oxidation sites excluding steroid dienone is 2. The Morgan fingerprint density at radius 1 is 1.17 bits per heavy atom. The zero-order valence-corrected chi connectivity index (χ0v) is 21.4. The largest absolute Gasteiger partial charge is 0.409 e. The lowest BCUT2D eigenvalue weighted by Gasteiger charge is -2.40. The van der Waals surface area contributed by atoms with E-state index in [1.165, 1.54) is 32.1 Å². The number of carbonyl (C=O) groups is 1. The van der Waals surface area contributed by atoms with Crippen molar-refractivity contribution in [1.29, 1.82) is 0 Å². The number of amides is 1. The van der Waals surface area contributed by atoms with Crippen LogP contribution in [0, 0.1) is 17.8 Å². The molecule has 1 rings (SSSR count). The summed E-state index contributed by atoms with van der Waals surface area (Å²) in [6.07, 6.45) is 15.6. The number of hydrogen-bond donors (Lipinski definition) is 1. The monoisotopic (exact) mass is 421 g/mol. The van der Waals surface area contributed by atoms with Gasteiger partial charge in [0, 0.05) is 6.54 Å². The molecular formula is C25H47NO2Si. The van der Waals surface area contributed by atoms with Crippen molar-refractivity contribution in [3.63, 3.8) is 0 Å². The topological polar surface area (TPSA) is 38.3 Å². The number of hydrogen-bond acceptors (Lipinski definition) is 2. The maximum absolute atomic E-state index is 13.1. The standard InChI is InChI=1S/C25H47NO2Si/c1-9-13-22-23(28-29(7,8)25(4,5)6)18-17-20(3)14-11-15-21(10-2)16-12-19-26-24(22)27/h9,13,17-18,20-23H,10-12,14-16,19H2,1-8H3,(H,26,27)/b13-9?,18-17+/t20-,21+,22-,23+/m1/s1. The van der Waals surface area contributed by atoms with Crippen molar-refractivity contribution >= 4 is 14.2 Å². The number of nitrogens with one attached hydrogen (secondary N) is 1. The van der Waals surface area contributed by atoms with Crippen molar-refractivity contribution in [2.75, 3.05) is 6.54 Å². The molecule has 0 saturated heterocycles. The Bertz CT molecular complexity index is 548. The number of rotatable bonds is 4. The van der Waals surface area contributed by atoms with Crippen molar-refractivity contribution in [2.24, 2.45) is 17.8 Å². The van der Waals surface area contributed by atoms with Crippen LogP contribution in [0.5, 0.6) is 0 Å². The molecule has 0 radical (unpaired) electrons. The van der Waals surface area contributed by atoms with E-state index in [4.69, 9.17) is 4.43 Å². The molecule has 0 aliphatic carbocycles. The Kier molecular flexibility index (Phi) is 10.9. The minimum atomic E-state index is -2.00. The third-order valence-corrected chi connectivity index (χ3v) is 11.3. The van der Waals surface area contributed by atoms with Crippen LogP contribution in [-0.4, -0.2) is 26.9 Å². The van der Waals surface area contributed by atoms with Crippen molar-refractivity contribution in [3.05, 3.63) is 24.3 Å². The normalized spacial score (nSPS) is 30.0. The Balaban J connectivity index is 3.14. The lowest BCUT2D eigenvalue weighted by molar-refractivity contribution is -0.125. The summed E-state index contributed by atoms with van der Waals surface area (Å²) in [5.74, 6) is 1.11. The third kappa shape index (κ3) is 8.80. The molecule has 1 aliphatic heterocycles. The molecule has 29 heavy (non-hydrogen) atoms. The predicted molar refractivity (Wildman–Crippen MR) is 129 cm³/mol. The number of carbonyl (C=O) groups excluding carboxylic acids is 1. The fourth-order valence-corrected chi connectivity index (χ4v) is 4.96. The molecule has 3 nitrogen and oxygen atoms in total. The first kappa shape index (κ1) is 26.2. The van der Waals surface area contributed by atoms with Gasteiger partial charge in [-0.1, -0.05) is 78.2 Å². The maximum atomic E-state index is 13.1. The van der Waals surface area contributed by atoms with E-state index in [9.17, 15) is 4.79 Å². The van der Waals surface area contributed by atoms with Gasteiger partial charge in [0.15, 0.2) is 8.32 Å². The van der Waals surface area contributed by atoms with Gasteiger partial charge in [-0.3, -0.25) is 4.79 Å². The molecule has 168 valence electrons. The summed E-state index contributed by atoms with van der Waals surface area (Å²) in [5, 5.41) is 3.30. The van der Waals surface area contributed by atoms with E-state index in [1.54, 1.807) is 0 Å². The van der Waals surface area contributed by atoms with E-state index < -0.39 is 8.32 Å². The highest BCUT2D eigenvalue weighted by atomic mass is 28.4. The van der Waals surface area contributed by atoms with Crippen LogP contribution >= 0.6 is 0 Å². The smallest absolute Gasteiger partial charge is 0.229 e. The molecule has 1 heterocycles. The zero-order chi connectivity index (χ0) is 22.1. The maximum Gasteiger partial charge on any atom is 0.229 e. The van der Waals surface area contributed by atoms with Crippen LogP contribution in [0.3, 0.4) is 0 Å². The molecule has 1 amide bonds. The van der Waals surface area contributed by atoms with Crippen LogP contribution in [0.1, 0.15) is 80.1 Å². The molecule has 1 N–H and O–H groups in total. The Hall–Kier alpha value is -0.873. The van der Waals surface area contributed by atoms with E-state index >= 15 is 0 Å². The second-order valence-corrected chi connectivity index (χ2v) is 15.2. The van der Waals surface area contributed by atoms with Crippen molar-refractivity contribution in [2.45, 2.75) is 104 Å². The van der Waals surface area contributed by atoms with Gasteiger partial charge < -0.3 is 9.74 Å². The fraction of sp³-hybridized carbons (Fsp3) is 0.800. The second-order valence-electron chi connectivity index (χ2n) is 10.4. The molecule has 4 heteroatoms. The summed E-state index contributed by atoms with van der Waals surface area (Å²) in [6.45, 7) is 18.6. The lowest BCUT2D eigenvalue weighted by atomic mass is 9.91. The molecule has 0 bridgehead atoms. The fourth-order valence-electron chi connectivity index (χ4n) is 3.70. The third-order valence-electron chi connectivity index (χ3n) is 6.86. The molecule has 0 spiro atoms. The molecule has 4 atom stereocenters. The lowest BCUT2D eigenvalue weighted by Crippen LogP contribution is -2.47. The summed E-state index contributed by atoms with van der Waals surface area (Å²) in [5.41, 5.74) is 0. The molecule has 0 unspecified atom stereocenters. The van der Waals surface area contributed by atoms with E-state index in [2.05, 4.69) is 65.2 Å². The quantitative estimate of drug-likeness (QED) is 0.397. The highest BCUT2D eigenvalue weighted by Gasteiger charge is 2.41. The van der Waals surface area contributed by atoms with Crippen LogP contribution < -0.4 is 5.32 Å². The zero-order valence-electron chi connectivity index (χ0n) is 20.4. The average Bonchev–Trinajstić information content (AvgIpc) is 2.63. The first-order chi connectivity index (χ1) is 13.5. The first-order valence-electron chi connectivity index (χ1n) is 11.8. The second kappa shape index (κ2) is 12.1. The van der Waals surface area contributed by atoms with E-state index in [0.29, 0.717) is 5.92 Å². The molecule has 1 aliphatic rings. The van der Waals surface area contributed by atoms with Crippen molar-refractivity contribution in [3.8, 4) is 0 Å². The average molecular weight is 422 g/mol. The minimum Gasteiger partial charge on any atom is -0.409 e. The van der Waals surface area contributed by atoms with Gasteiger partial charge in [-0.25, -0.2) is 0 Å². The summed E-state index contributed by atoms with van der Waals surface area (Å²) in [7, 11) is -2.00. The highest BCUT2D eigenvalue weighted by molar-refractivity contribution is 6.74. The van der Waals surface area contributed by atoms with Gasteiger partial charge in [-0.2, -0.15) is 0 Å². The van der Waals surface area contributed by atoms with Crippen molar-refractivity contribution in [1.82, 2.24) is 5.32 Å². The van der Waals surface area contributed by atoms with Gasteiger partial charge in [0.1, 0.15) is 0 Å². The van der Waals surface area contributed by atoms with Crippen LogP contribution in [-0.2, 0) is 9.22 Å². The first-order valence-corrected chi connectivity index (χ1v) is 14.7. The van der Waals surface area contributed by atoms with Gasteiger partial charge >= 0.3 is 0 Å². The Morgan fingerprint density at radius 2 is 1.83 bits per heavy atom. The molecule has 0 aromatic heterocycles. The minimum absolute atomic E-state index is 0.0919. The summed E-state index contributed by atoms with van der Waals surface area (Å²) >= 11 is 0. The van der Waals surface area contributed by atoms with Gasteiger partial charge in [0.2, 0.25) is 5.91 Å². The summed E-state index contributed by atoms with van der Waals surface area (Å²) < 4.78 is 6.76. The SMILES string of the molecule is CC=C[C@H]1C(=O)NCCC[C@@H](CC)CCC[C@@H](C)/C=C/[C@@H]1O[Si](C)(C)C(C)(C)C. The van der Waals surface area contributed by atoms with Crippen molar-refractivity contribution < 1.29 is 9.22 Å². The summed E-state index contributed by atoms with van der Waals surface area (Å²) in [4.78, 5) is 13.1. The van der Waals surface area contributed by atoms with Crippen LogP contribution in [0.2, 0.25) is 18.1 Å². The molecular weight excluding hydrogens is 374 g/mol. The highest BCUT2D eigenvalue weighted by Crippen LogP contribution is 2.38. The van der Waals surface area contributed by atoms with E-state index in [-0.39, 0.29) is 23.0 Å². The van der Waals surface area contributed by atoms with E-state index in [0.717, 1.165) is 18.9 Å².